The van der Waals surface area contributed by atoms with Gasteiger partial charge in [0, 0.05) is 25.6 Å². The Morgan fingerprint density at radius 2 is 1.95 bits per heavy atom. The minimum Gasteiger partial charge on any atom is -0.355 e. The lowest BCUT2D eigenvalue weighted by molar-refractivity contribution is -0.118. The van der Waals surface area contributed by atoms with Gasteiger partial charge in [-0.2, -0.15) is 0 Å². The standard InChI is InChI=1S/C15H19N3O2/c1-11-5-6-14(13(10-11)4-3-7-16)15(20)18-9-8-17-12(2)19/h5-6,10H,7-9,16H2,1-2H3,(H,17,19)(H,18,20). The van der Waals surface area contributed by atoms with Crippen molar-refractivity contribution in [2.75, 3.05) is 19.6 Å². The third kappa shape index (κ3) is 5.12. The maximum atomic E-state index is 12.1. The maximum absolute atomic E-state index is 12.1. The molecule has 4 N–H and O–H groups in total. The molecule has 1 aromatic rings. The molecule has 0 saturated carbocycles. The van der Waals surface area contributed by atoms with Crippen LogP contribution in [0.5, 0.6) is 0 Å². The first-order valence-corrected chi connectivity index (χ1v) is 6.37. The maximum Gasteiger partial charge on any atom is 0.252 e. The van der Waals surface area contributed by atoms with E-state index >= 15 is 0 Å². The lowest BCUT2D eigenvalue weighted by atomic mass is 10.0. The van der Waals surface area contributed by atoms with Crippen molar-refractivity contribution >= 4 is 11.8 Å². The minimum atomic E-state index is -0.211. The molecular weight excluding hydrogens is 254 g/mol. The molecule has 0 saturated heterocycles. The number of rotatable bonds is 4. The van der Waals surface area contributed by atoms with Gasteiger partial charge in [-0.1, -0.05) is 17.9 Å². The quantitative estimate of drug-likeness (QED) is 0.540. The van der Waals surface area contributed by atoms with E-state index in [-0.39, 0.29) is 18.4 Å². The Morgan fingerprint density at radius 1 is 1.25 bits per heavy atom. The average molecular weight is 273 g/mol. The molecule has 0 aliphatic rings. The fourth-order valence-corrected chi connectivity index (χ4v) is 1.62. The Labute approximate surface area is 118 Å². The SMILES string of the molecule is CC(=O)NCCNC(=O)c1ccc(C)cc1C#CCN. The van der Waals surface area contributed by atoms with Crippen LogP contribution in [0, 0.1) is 18.8 Å². The molecule has 0 bridgehead atoms. The summed E-state index contributed by atoms with van der Waals surface area (Å²) in [5.74, 6) is 5.32. The second-order valence-corrected chi connectivity index (χ2v) is 4.29. The second kappa shape index (κ2) is 7.97. The normalized spacial score (nSPS) is 9.35. The molecule has 20 heavy (non-hydrogen) atoms. The van der Waals surface area contributed by atoms with Crippen LogP contribution >= 0.6 is 0 Å². The first-order chi connectivity index (χ1) is 9.54. The van der Waals surface area contributed by atoms with Crippen LogP contribution in [0.2, 0.25) is 0 Å². The highest BCUT2D eigenvalue weighted by molar-refractivity contribution is 5.96. The number of hydrogen-bond donors (Lipinski definition) is 3. The lowest BCUT2D eigenvalue weighted by Crippen LogP contribution is -2.33. The number of hydrogen-bond acceptors (Lipinski definition) is 3. The van der Waals surface area contributed by atoms with Crippen LogP contribution in [-0.4, -0.2) is 31.4 Å². The van der Waals surface area contributed by atoms with Crippen LogP contribution in [0.1, 0.15) is 28.4 Å². The summed E-state index contributed by atoms with van der Waals surface area (Å²) in [5.41, 5.74) is 7.55. The van der Waals surface area contributed by atoms with E-state index in [1.165, 1.54) is 6.92 Å². The van der Waals surface area contributed by atoms with Crippen LogP contribution in [0.25, 0.3) is 0 Å². The largest absolute Gasteiger partial charge is 0.355 e. The lowest BCUT2D eigenvalue weighted by Gasteiger charge is -2.08. The fraction of sp³-hybridized carbons (Fsp3) is 0.333. The van der Waals surface area contributed by atoms with Crippen molar-refractivity contribution in [1.82, 2.24) is 10.6 Å². The van der Waals surface area contributed by atoms with E-state index < -0.39 is 0 Å². The Balaban J connectivity index is 2.74. The smallest absolute Gasteiger partial charge is 0.252 e. The molecule has 2 amide bonds. The van der Waals surface area contributed by atoms with Crippen LogP contribution in [0.15, 0.2) is 18.2 Å². The predicted octanol–water partition coefficient (Wildman–Crippen LogP) is 0.171. The van der Waals surface area contributed by atoms with Gasteiger partial charge in [-0.25, -0.2) is 0 Å². The predicted molar refractivity (Wildman–Crippen MR) is 78.1 cm³/mol. The van der Waals surface area contributed by atoms with Crippen molar-refractivity contribution in [2.45, 2.75) is 13.8 Å². The van der Waals surface area contributed by atoms with Crippen molar-refractivity contribution in [3.63, 3.8) is 0 Å². The topological polar surface area (TPSA) is 84.2 Å². The van der Waals surface area contributed by atoms with Crippen LogP contribution in [0.4, 0.5) is 0 Å². The zero-order valence-corrected chi connectivity index (χ0v) is 11.7. The van der Waals surface area contributed by atoms with Gasteiger partial charge in [0.1, 0.15) is 0 Å². The molecule has 0 fully saturated rings. The highest BCUT2D eigenvalue weighted by Crippen LogP contribution is 2.10. The van der Waals surface area contributed by atoms with Crippen molar-refractivity contribution in [1.29, 1.82) is 0 Å². The van der Waals surface area contributed by atoms with Crippen molar-refractivity contribution < 1.29 is 9.59 Å². The van der Waals surface area contributed by atoms with Gasteiger partial charge in [-0.05, 0) is 24.6 Å². The zero-order valence-electron chi connectivity index (χ0n) is 11.7. The van der Waals surface area contributed by atoms with Gasteiger partial charge >= 0.3 is 0 Å². The van der Waals surface area contributed by atoms with E-state index in [9.17, 15) is 9.59 Å². The van der Waals surface area contributed by atoms with E-state index in [2.05, 4.69) is 22.5 Å². The second-order valence-electron chi connectivity index (χ2n) is 4.29. The summed E-state index contributed by atoms with van der Waals surface area (Å²) in [7, 11) is 0. The number of aryl methyl sites for hydroxylation is 1. The molecule has 5 heteroatoms. The van der Waals surface area contributed by atoms with Crippen molar-refractivity contribution in [3.8, 4) is 11.8 Å². The fourth-order valence-electron chi connectivity index (χ4n) is 1.62. The van der Waals surface area contributed by atoms with E-state index in [0.29, 0.717) is 24.2 Å². The van der Waals surface area contributed by atoms with Gasteiger partial charge < -0.3 is 16.4 Å². The third-order valence-electron chi connectivity index (χ3n) is 2.53. The average Bonchev–Trinajstić information content (AvgIpc) is 2.41. The van der Waals surface area contributed by atoms with E-state index in [0.717, 1.165) is 5.56 Å². The first-order valence-electron chi connectivity index (χ1n) is 6.37. The summed E-state index contributed by atoms with van der Waals surface area (Å²) in [6, 6.07) is 5.45. The Morgan fingerprint density at radius 3 is 2.60 bits per heavy atom. The zero-order chi connectivity index (χ0) is 15.0. The van der Waals surface area contributed by atoms with Gasteiger partial charge in [0.15, 0.2) is 0 Å². The number of nitrogens with two attached hydrogens (primary N) is 1. The number of carbonyl (C=O) groups excluding carboxylic acids is 2. The van der Waals surface area contributed by atoms with E-state index in [1.54, 1.807) is 6.07 Å². The molecule has 0 spiro atoms. The molecule has 106 valence electrons. The van der Waals surface area contributed by atoms with Crippen LogP contribution < -0.4 is 16.4 Å². The van der Waals surface area contributed by atoms with Gasteiger partial charge in [-0.15, -0.1) is 0 Å². The molecule has 0 unspecified atom stereocenters. The monoisotopic (exact) mass is 273 g/mol. The number of carbonyl (C=O) groups is 2. The molecule has 0 atom stereocenters. The van der Waals surface area contributed by atoms with Crippen molar-refractivity contribution in [2.24, 2.45) is 5.73 Å². The molecule has 0 radical (unpaired) electrons. The number of benzene rings is 1. The summed E-state index contributed by atoms with van der Waals surface area (Å²) in [4.78, 5) is 22.8. The molecule has 5 nitrogen and oxygen atoms in total. The summed E-state index contributed by atoms with van der Waals surface area (Å²) < 4.78 is 0. The molecule has 0 heterocycles. The van der Waals surface area contributed by atoms with E-state index in [1.807, 2.05) is 19.1 Å². The van der Waals surface area contributed by atoms with Gasteiger partial charge in [0.2, 0.25) is 5.91 Å². The highest BCUT2D eigenvalue weighted by Gasteiger charge is 2.09. The highest BCUT2D eigenvalue weighted by atomic mass is 16.2. The number of nitrogens with one attached hydrogen (secondary N) is 2. The molecule has 0 aliphatic heterocycles. The van der Waals surface area contributed by atoms with Crippen LogP contribution in [-0.2, 0) is 4.79 Å². The van der Waals surface area contributed by atoms with Gasteiger partial charge in [0.25, 0.3) is 5.91 Å². The van der Waals surface area contributed by atoms with Crippen LogP contribution in [0.3, 0.4) is 0 Å². The molecule has 1 aromatic carbocycles. The Kier molecular flexibility index (Phi) is 6.27. The molecule has 0 aliphatic carbocycles. The summed E-state index contributed by atoms with van der Waals surface area (Å²) >= 11 is 0. The van der Waals surface area contributed by atoms with E-state index in [4.69, 9.17) is 5.73 Å². The minimum absolute atomic E-state index is 0.121. The first kappa shape index (κ1) is 15.7. The summed E-state index contributed by atoms with van der Waals surface area (Å²) in [6.07, 6.45) is 0. The summed E-state index contributed by atoms with van der Waals surface area (Å²) in [5, 5.41) is 5.35. The van der Waals surface area contributed by atoms with Gasteiger partial charge in [-0.3, -0.25) is 9.59 Å². The number of amides is 2. The molecular formula is C15H19N3O2. The third-order valence-corrected chi connectivity index (χ3v) is 2.53. The molecule has 0 aromatic heterocycles. The summed E-state index contributed by atoms with van der Waals surface area (Å²) in [6.45, 7) is 4.39. The van der Waals surface area contributed by atoms with Gasteiger partial charge in [0.05, 0.1) is 12.1 Å². The van der Waals surface area contributed by atoms with Crippen molar-refractivity contribution in [3.05, 3.63) is 34.9 Å². The Bertz CT molecular complexity index is 556. The molecule has 1 rings (SSSR count). The Hall–Kier alpha value is -2.32.